The van der Waals surface area contributed by atoms with E-state index in [0.717, 1.165) is 12.7 Å². The summed E-state index contributed by atoms with van der Waals surface area (Å²) in [4.78, 5) is 13.8. The summed E-state index contributed by atoms with van der Waals surface area (Å²) in [6, 6.07) is -0.193. The van der Waals surface area contributed by atoms with Crippen molar-refractivity contribution in [3.63, 3.8) is 0 Å². The molecular weight excluding hydrogens is 290 g/mol. The molecule has 1 saturated heterocycles. The molecule has 2 atom stereocenters. The second kappa shape index (κ2) is 6.88. The smallest absolute Gasteiger partial charge is 0.242 e. The predicted molar refractivity (Wildman–Crippen MR) is 77.7 cm³/mol. The summed E-state index contributed by atoms with van der Waals surface area (Å²) in [7, 11) is -3.22. The van der Waals surface area contributed by atoms with Gasteiger partial charge in [-0.25, -0.2) is 13.1 Å². The van der Waals surface area contributed by atoms with E-state index in [1.807, 2.05) is 6.92 Å². The molecule has 0 bridgehead atoms. The Morgan fingerprint density at radius 2 is 2.11 bits per heavy atom. The van der Waals surface area contributed by atoms with Crippen LogP contribution in [-0.4, -0.2) is 50.2 Å². The Labute approximate surface area is 121 Å². The average molecular weight is 314 g/mol. The van der Waals surface area contributed by atoms with E-state index in [0.29, 0.717) is 25.9 Å². The van der Waals surface area contributed by atoms with Gasteiger partial charge in [0.2, 0.25) is 15.9 Å². The fourth-order valence-electron chi connectivity index (χ4n) is 2.33. The number of amides is 1. The highest BCUT2D eigenvalue weighted by Gasteiger charge is 2.36. The Morgan fingerprint density at radius 1 is 1.53 bits per heavy atom. The van der Waals surface area contributed by atoms with Gasteiger partial charge >= 0.3 is 0 Å². The van der Waals surface area contributed by atoms with Gasteiger partial charge in [-0.3, -0.25) is 4.79 Å². The van der Waals surface area contributed by atoms with Gasteiger partial charge in [0.05, 0.1) is 11.8 Å². The summed E-state index contributed by atoms with van der Waals surface area (Å²) in [5.41, 5.74) is 5.14. The molecule has 1 fully saturated rings. The van der Waals surface area contributed by atoms with Gasteiger partial charge < -0.3 is 10.6 Å². The zero-order valence-corrected chi connectivity index (χ0v) is 13.3. The molecule has 1 aliphatic rings. The second-order valence-corrected chi connectivity index (χ2v) is 7.07. The SMILES string of the molecule is CCCC(C)(N)C(=O)N1CCC(NS(C)(=O)=O)C1.Cl. The first-order valence-corrected chi connectivity index (χ1v) is 8.10. The Hall–Kier alpha value is -0.370. The van der Waals surface area contributed by atoms with Gasteiger partial charge in [0.1, 0.15) is 0 Å². The van der Waals surface area contributed by atoms with Gasteiger partial charge in [0.25, 0.3) is 0 Å². The van der Waals surface area contributed by atoms with Gasteiger partial charge in [0, 0.05) is 19.1 Å². The van der Waals surface area contributed by atoms with Crippen LogP contribution in [0.5, 0.6) is 0 Å². The highest BCUT2D eigenvalue weighted by Crippen LogP contribution is 2.18. The quantitative estimate of drug-likeness (QED) is 0.751. The van der Waals surface area contributed by atoms with Crippen molar-refractivity contribution in [2.24, 2.45) is 5.73 Å². The molecular formula is C11H24ClN3O3S. The summed E-state index contributed by atoms with van der Waals surface area (Å²) < 4.78 is 24.8. The number of sulfonamides is 1. The number of hydrogen-bond acceptors (Lipinski definition) is 4. The minimum Gasteiger partial charge on any atom is -0.339 e. The molecule has 0 aromatic heterocycles. The first-order valence-electron chi connectivity index (χ1n) is 6.21. The van der Waals surface area contributed by atoms with Crippen LogP contribution >= 0.6 is 12.4 Å². The van der Waals surface area contributed by atoms with Crippen molar-refractivity contribution in [3.8, 4) is 0 Å². The van der Waals surface area contributed by atoms with E-state index < -0.39 is 15.6 Å². The number of nitrogens with one attached hydrogen (secondary N) is 1. The second-order valence-electron chi connectivity index (χ2n) is 5.29. The maximum absolute atomic E-state index is 12.2. The molecule has 1 amide bonds. The molecule has 8 heteroatoms. The Balaban J connectivity index is 0.00000324. The molecule has 1 rings (SSSR count). The first-order chi connectivity index (χ1) is 8.15. The van der Waals surface area contributed by atoms with E-state index in [1.54, 1.807) is 11.8 Å². The molecule has 19 heavy (non-hydrogen) atoms. The molecule has 0 aliphatic carbocycles. The molecule has 114 valence electrons. The van der Waals surface area contributed by atoms with Crippen molar-refractivity contribution in [3.05, 3.63) is 0 Å². The minimum atomic E-state index is -3.22. The summed E-state index contributed by atoms with van der Waals surface area (Å²) in [5.74, 6) is -0.0952. The molecule has 1 aliphatic heterocycles. The topological polar surface area (TPSA) is 92.5 Å². The van der Waals surface area contributed by atoms with Gasteiger partial charge in [-0.15, -0.1) is 12.4 Å². The van der Waals surface area contributed by atoms with Crippen LogP contribution in [0, 0.1) is 0 Å². The van der Waals surface area contributed by atoms with Crippen LogP contribution in [0.3, 0.4) is 0 Å². The fraction of sp³-hybridized carbons (Fsp3) is 0.909. The third-order valence-corrected chi connectivity index (χ3v) is 3.88. The van der Waals surface area contributed by atoms with Crippen LogP contribution in [0.1, 0.15) is 33.1 Å². The highest BCUT2D eigenvalue weighted by atomic mass is 35.5. The van der Waals surface area contributed by atoms with Crippen molar-refractivity contribution >= 4 is 28.3 Å². The van der Waals surface area contributed by atoms with Crippen molar-refractivity contribution in [1.29, 1.82) is 0 Å². The predicted octanol–water partition coefficient (Wildman–Crippen LogP) is 0.0758. The number of hydrogen-bond donors (Lipinski definition) is 2. The van der Waals surface area contributed by atoms with E-state index >= 15 is 0 Å². The first kappa shape index (κ1) is 18.6. The lowest BCUT2D eigenvalue weighted by atomic mass is 9.96. The van der Waals surface area contributed by atoms with Crippen LogP contribution < -0.4 is 10.5 Å². The normalized spacial score (nSPS) is 22.7. The molecule has 0 saturated carbocycles. The molecule has 6 nitrogen and oxygen atoms in total. The average Bonchev–Trinajstić information content (AvgIpc) is 2.62. The molecule has 2 unspecified atom stereocenters. The third-order valence-electron chi connectivity index (χ3n) is 3.11. The summed E-state index contributed by atoms with van der Waals surface area (Å²) in [6.07, 6.45) is 3.24. The number of likely N-dealkylation sites (tertiary alicyclic amines) is 1. The molecule has 0 radical (unpaired) electrons. The number of carbonyl (C=O) groups is 1. The third kappa shape index (κ3) is 5.64. The Kier molecular flexibility index (Phi) is 6.74. The van der Waals surface area contributed by atoms with Crippen molar-refractivity contribution < 1.29 is 13.2 Å². The van der Waals surface area contributed by atoms with Crippen LogP contribution in [0.25, 0.3) is 0 Å². The maximum Gasteiger partial charge on any atom is 0.242 e. The van der Waals surface area contributed by atoms with Crippen LogP contribution in [0.4, 0.5) is 0 Å². The van der Waals surface area contributed by atoms with Gasteiger partial charge in [-0.2, -0.15) is 0 Å². The number of carbonyl (C=O) groups excluding carboxylic acids is 1. The van der Waals surface area contributed by atoms with Crippen molar-refractivity contribution in [2.75, 3.05) is 19.3 Å². The van der Waals surface area contributed by atoms with Gasteiger partial charge in [-0.05, 0) is 19.8 Å². The van der Waals surface area contributed by atoms with Crippen molar-refractivity contribution in [1.82, 2.24) is 9.62 Å². The monoisotopic (exact) mass is 313 g/mol. The number of rotatable bonds is 5. The maximum atomic E-state index is 12.2. The lowest BCUT2D eigenvalue weighted by Crippen LogP contribution is -2.53. The van der Waals surface area contributed by atoms with Crippen molar-refractivity contribution in [2.45, 2.75) is 44.7 Å². The molecule has 0 aromatic carbocycles. The number of nitrogens with zero attached hydrogens (tertiary/aromatic N) is 1. The molecule has 0 spiro atoms. The van der Waals surface area contributed by atoms with Crippen LogP contribution in [-0.2, 0) is 14.8 Å². The van der Waals surface area contributed by atoms with E-state index in [1.165, 1.54) is 0 Å². The Morgan fingerprint density at radius 3 is 2.58 bits per heavy atom. The number of halogens is 1. The highest BCUT2D eigenvalue weighted by molar-refractivity contribution is 7.88. The molecule has 0 aromatic rings. The summed E-state index contributed by atoms with van der Waals surface area (Å²) >= 11 is 0. The lowest BCUT2D eigenvalue weighted by Gasteiger charge is -2.28. The number of nitrogens with two attached hydrogens (primary N) is 1. The van der Waals surface area contributed by atoms with Gasteiger partial charge in [0.15, 0.2) is 0 Å². The Bertz CT molecular complexity index is 411. The molecule has 1 heterocycles. The summed E-state index contributed by atoms with van der Waals surface area (Å²) in [5, 5.41) is 0. The van der Waals surface area contributed by atoms with E-state index in [4.69, 9.17) is 5.73 Å². The molecule has 3 N–H and O–H groups in total. The van der Waals surface area contributed by atoms with Gasteiger partial charge in [-0.1, -0.05) is 13.3 Å². The van der Waals surface area contributed by atoms with Crippen LogP contribution in [0.2, 0.25) is 0 Å². The lowest BCUT2D eigenvalue weighted by molar-refractivity contribution is -0.135. The largest absolute Gasteiger partial charge is 0.339 e. The van der Waals surface area contributed by atoms with Crippen LogP contribution in [0.15, 0.2) is 0 Å². The standard InChI is InChI=1S/C11H23N3O3S.ClH/c1-4-6-11(2,12)10(15)14-7-5-9(8-14)13-18(3,16)17;/h9,13H,4-8,12H2,1-3H3;1H. The fourth-order valence-corrected chi connectivity index (χ4v) is 3.13. The summed E-state index contributed by atoms with van der Waals surface area (Å²) in [6.45, 7) is 4.68. The zero-order valence-electron chi connectivity index (χ0n) is 11.7. The minimum absolute atomic E-state index is 0. The van der Waals surface area contributed by atoms with E-state index in [9.17, 15) is 13.2 Å². The zero-order chi connectivity index (χ0) is 14.0. The van der Waals surface area contributed by atoms with E-state index in [-0.39, 0.29) is 24.4 Å². The van der Waals surface area contributed by atoms with E-state index in [2.05, 4.69) is 4.72 Å².